The largest absolute Gasteiger partial charge is 0.432 e. The molecule has 6 nitrogen and oxygen atoms in total. The molecule has 0 aliphatic carbocycles. The van der Waals surface area contributed by atoms with E-state index in [0.29, 0.717) is 5.84 Å². The van der Waals surface area contributed by atoms with Crippen LogP contribution < -0.4 is 0 Å². The minimum atomic E-state index is 0.644. The van der Waals surface area contributed by atoms with Crippen molar-refractivity contribution in [2.75, 3.05) is 0 Å². The monoisotopic (exact) mass is 241 g/mol. The summed E-state index contributed by atoms with van der Waals surface area (Å²) in [6.07, 6.45) is 10.5. The molecule has 4 heterocycles. The number of fused-ring (bicyclic) bond motifs is 2. The van der Waals surface area contributed by atoms with Crippen molar-refractivity contribution in [3.8, 4) is 0 Å². The van der Waals surface area contributed by atoms with E-state index in [0.717, 1.165) is 11.2 Å². The molecule has 0 fully saturated rings. The van der Waals surface area contributed by atoms with E-state index in [4.69, 9.17) is 4.42 Å². The average Bonchev–Trinajstić information content (AvgIpc) is 3.06. The summed E-state index contributed by atoms with van der Waals surface area (Å²) in [6.45, 7) is 0. The van der Waals surface area contributed by atoms with Gasteiger partial charge in [-0.15, -0.1) is 0 Å². The quantitative estimate of drug-likeness (QED) is 0.471. The van der Waals surface area contributed by atoms with Crippen LogP contribution in [0.1, 0.15) is 0 Å². The first kappa shape index (κ1) is 10.5. The standard InChI is InChI=1S/C7H7N3.C5H4N2O/c1-10-5-9-6-3-2-4-8-7(6)10;1-2-7-3-4-8-5(7)6-1/h2-5H,1H3;1-4H. The summed E-state index contributed by atoms with van der Waals surface area (Å²) in [5.74, 6) is 0.644. The van der Waals surface area contributed by atoms with Crippen molar-refractivity contribution in [2.24, 2.45) is 7.05 Å². The predicted molar refractivity (Wildman–Crippen MR) is 66.0 cm³/mol. The molecule has 0 saturated heterocycles. The second kappa shape index (κ2) is 4.33. The Morgan fingerprint density at radius 3 is 2.89 bits per heavy atom. The van der Waals surface area contributed by atoms with Gasteiger partial charge in [-0.05, 0) is 12.1 Å². The molecule has 0 saturated carbocycles. The molecule has 0 atom stereocenters. The topological polar surface area (TPSA) is 61.2 Å². The first-order valence-corrected chi connectivity index (χ1v) is 5.43. The molecule has 4 aromatic heterocycles. The molecule has 0 spiro atoms. The third kappa shape index (κ3) is 1.84. The van der Waals surface area contributed by atoms with Crippen LogP contribution in [0.2, 0.25) is 0 Å². The highest BCUT2D eigenvalue weighted by Crippen LogP contribution is 2.05. The number of pyridine rings is 1. The molecule has 0 N–H and O–H groups in total. The van der Waals surface area contributed by atoms with Crippen molar-refractivity contribution >= 4 is 17.0 Å². The van der Waals surface area contributed by atoms with E-state index < -0.39 is 0 Å². The molecule has 0 aromatic carbocycles. The molecular weight excluding hydrogens is 230 g/mol. The van der Waals surface area contributed by atoms with Crippen LogP contribution in [0.3, 0.4) is 0 Å². The van der Waals surface area contributed by atoms with Crippen LogP contribution >= 0.6 is 0 Å². The van der Waals surface area contributed by atoms with E-state index >= 15 is 0 Å². The highest BCUT2D eigenvalue weighted by molar-refractivity contribution is 5.69. The molecule has 18 heavy (non-hydrogen) atoms. The highest BCUT2D eigenvalue weighted by Gasteiger charge is 1.95. The van der Waals surface area contributed by atoms with E-state index in [9.17, 15) is 0 Å². The van der Waals surface area contributed by atoms with Gasteiger partial charge in [0.25, 0.3) is 0 Å². The number of hydrogen-bond donors (Lipinski definition) is 0. The Kier molecular flexibility index (Phi) is 2.53. The maximum Gasteiger partial charge on any atom is 0.305 e. The Morgan fingerprint density at radius 1 is 1.11 bits per heavy atom. The van der Waals surface area contributed by atoms with Crippen LogP contribution in [-0.2, 0) is 7.05 Å². The number of rotatable bonds is 0. The lowest BCUT2D eigenvalue weighted by atomic mass is 10.4. The molecule has 6 heteroatoms. The van der Waals surface area contributed by atoms with Gasteiger partial charge in [0.15, 0.2) is 5.65 Å². The SMILES string of the molecule is Cn1cnc2cccnc21.c1cn2ccoc2n1. The van der Waals surface area contributed by atoms with Crippen molar-refractivity contribution in [2.45, 2.75) is 0 Å². The van der Waals surface area contributed by atoms with Gasteiger partial charge in [-0.3, -0.25) is 4.40 Å². The summed E-state index contributed by atoms with van der Waals surface area (Å²) in [7, 11) is 1.93. The minimum Gasteiger partial charge on any atom is -0.432 e. The van der Waals surface area contributed by atoms with Gasteiger partial charge in [0, 0.05) is 31.8 Å². The normalized spacial score (nSPS) is 10.5. The van der Waals surface area contributed by atoms with Crippen LogP contribution in [0.25, 0.3) is 17.0 Å². The zero-order valence-corrected chi connectivity index (χ0v) is 9.76. The lowest BCUT2D eigenvalue weighted by Crippen LogP contribution is -1.85. The zero-order valence-electron chi connectivity index (χ0n) is 9.76. The molecule has 0 unspecified atom stereocenters. The molecule has 4 rings (SSSR count). The first-order chi connectivity index (χ1) is 8.84. The van der Waals surface area contributed by atoms with Crippen LogP contribution in [-0.4, -0.2) is 23.9 Å². The van der Waals surface area contributed by atoms with Gasteiger partial charge in [-0.1, -0.05) is 0 Å². The van der Waals surface area contributed by atoms with Gasteiger partial charge in [0.05, 0.1) is 6.33 Å². The van der Waals surface area contributed by atoms with Gasteiger partial charge in [-0.25, -0.2) is 15.0 Å². The van der Waals surface area contributed by atoms with Crippen LogP contribution in [0, 0.1) is 0 Å². The fourth-order valence-corrected chi connectivity index (χ4v) is 1.63. The lowest BCUT2D eigenvalue weighted by molar-refractivity contribution is 0.596. The molecule has 4 aromatic rings. The van der Waals surface area contributed by atoms with Gasteiger partial charge in [0.2, 0.25) is 0 Å². The van der Waals surface area contributed by atoms with Gasteiger partial charge < -0.3 is 8.98 Å². The van der Waals surface area contributed by atoms with E-state index in [2.05, 4.69) is 15.0 Å². The number of aryl methyl sites for hydroxylation is 1. The van der Waals surface area contributed by atoms with Crippen molar-refractivity contribution < 1.29 is 4.42 Å². The van der Waals surface area contributed by atoms with Gasteiger partial charge in [0.1, 0.15) is 11.8 Å². The van der Waals surface area contributed by atoms with Crippen molar-refractivity contribution in [1.29, 1.82) is 0 Å². The number of hydrogen-bond acceptors (Lipinski definition) is 4. The molecule has 0 bridgehead atoms. The summed E-state index contributed by atoms with van der Waals surface area (Å²) in [4.78, 5) is 12.1. The van der Waals surface area contributed by atoms with Gasteiger partial charge in [-0.2, -0.15) is 0 Å². The maximum absolute atomic E-state index is 4.91. The van der Waals surface area contributed by atoms with E-state index in [1.54, 1.807) is 29.4 Å². The summed E-state index contributed by atoms with van der Waals surface area (Å²) < 4.78 is 8.61. The number of nitrogens with zero attached hydrogens (tertiary/aromatic N) is 5. The molecule has 0 amide bonds. The van der Waals surface area contributed by atoms with Crippen molar-refractivity contribution in [1.82, 2.24) is 23.9 Å². The Balaban J connectivity index is 0.000000114. The summed E-state index contributed by atoms with van der Waals surface area (Å²) in [6, 6.07) is 3.83. The van der Waals surface area contributed by atoms with Crippen molar-refractivity contribution in [3.63, 3.8) is 0 Å². The number of aromatic nitrogens is 5. The predicted octanol–water partition coefficient (Wildman–Crippen LogP) is 1.90. The van der Waals surface area contributed by atoms with E-state index in [-0.39, 0.29) is 0 Å². The Labute approximate surface area is 103 Å². The third-order valence-electron chi connectivity index (χ3n) is 2.50. The summed E-state index contributed by atoms with van der Waals surface area (Å²) >= 11 is 0. The maximum atomic E-state index is 4.91. The van der Waals surface area contributed by atoms with Crippen LogP contribution in [0.4, 0.5) is 0 Å². The lowest BCUT2D eigenvalue weighted by Gasteiger charge is -1.88. The summed E-state index contributed by atoms with van der Waals surface area (Å²) in [5, 5.41) is 0. The second-order valence-corrected chi connectivity index (χ2v) is 3.72. The summed E-state index contributed by atoms with van der Waals surface area (Å²) in [5.41, 5.74) is 1.88. The fourth-order valence-electron chi connectivity index (χ4n) is 1.63. The number of imidazole rings is 2. The second-order valence-electron chi connectivity index (χ2n) is 3.72. The smallest absolute Gasteiger partial charge is 0.305 e. The van der Waals surface area contributed by atoms with Crippen molar-refractivity contribution in [3.05, 3.63) is 49.5 Å². The van der Waals surface area contributed by atoms with Crippen LogP contribution in [0.5, 0.6) is 0 Å². The molecule has 0 aliphatic heterocycles. The third-order valence-corrected chi connectivity index (χ3v) is 2.50. The van der Waals surface area contributed by atoms with E-state index in [1.807, 2.05) is 36.1 Å². The molecule has 0 radical (unpaired) electrons. The highest BCUT2D eigenvalue weighted by atomic mass is 16.3. The van der Waals surface area contributed by atoms with Gasteiger partial charge >= 0.3 is 5.84 Å². The Hall–Kier alpha value is -2.63. The fraction of sp³-hybridized carbons (Fsp3) is 0.0833. The minimum absolute atomic E-state index is 0.644. The van der Waals surface area contributed by atoms with Crippen LogP contribution in [0.15, 0.2) is 53.9 Å². The Bertz CT molecular complexity index is 715. The van der Waals surface area contributed by atoms with E-state index in [1.165, 1.54) is 0 Å². The first-order valence-electron chi connectivity index (χ1n) is 5.43. The zero-order chi connectivity index (χ0) is 12.4. The molecule has 0 aliphatic rings. The Morgan fingerprint density at radius 2 is 2.06 bits per heavy atom. The molecular formula is C12H11N5O. The average molecular weight is 241 g/mol. The molecule has 90 valence electrons. The number of oxazole rings is 1.